The first-order chi connectivity index (χ1) is 13.0. The number of thiophene rings is 1. The summed E-state index contributed by atoms with van der Waals surface area (Å²) in [6.07, 6.45) is 3.84. The van der Waals surface area contributed by atoms with E-state index in [0.717, 1.165) is 43.6 Å². The van der Waals surface area contributed by atoms with Crippen molar-refractivity contribution in [1.29, 1.82) is 0 Å². The van der Waals surface area contributed by atoms with Crippen LogP contribution in [0.2, 0.25) is 0 Å². The van der Waals surface area contributed by atoms with Crippen molar-refractivity contribution in [2.24, 2.45) is 5.92 Å². The zero-order valence-electron chi connectivity index (χ0n) is 15.7. The van der Waals surface area contributed by atoms with Gasteiger partial charge in [0.25, 0.3) is 11.8 Å². The Hall–Kier alpha value is -1.93. The van der Waals surface area contributed by atoms with Crippen LogP contribution < -0.4 is 10.2 Å². The van der Waals surface area contributed by atoms with E-state index in [-0.39, 0.29) is 23.8 Å². The van der Waals surface area contributed by atoms with Crippen molar-refractivity contribution in [3.8, 4) is 0 Å². The molecule has 3 fully saturated rings. The zero-order chi connectivity index (χ0) is 19.0. The molecule has 0 aromatic carbocycles. The highest BCUT2D eigenvalue weighted by Gasteiger charge is 2.55. The van der Waals surface area contributed by atoms with Gasteiger partial charge in [0, 0.05) is 0 Å². The van der Waals surface area contributed by atoms with Crippen molar-refractivity contribution in [2.45, 2.75) is 38.1 Å². The van der Waals surface area contributed by atoms with Gasteiger partial charge < -0.3 is 15.1 Å². The number of imide groups is 1. The van der Waals surface area contributed by atoms with E-state index in [2.05, 4.69) is 12.2 Å². The second-order valence-electron chi connectivity index (χ2n) is 7.96. The van der Waals surface area contributed by atoms with Gasteiger partial charge in [0.1, 0.15) is 5.54 Å². The average molecular weight is 392 g/mol. The number of carbonyl (C=O) groups excluding carboxylic acids is 3. The van der Waals surface area contributed by atoms with E-state index in [1.807, 2.05) is 22.4 Å². The Kier molecular flexibility index (Phi) is 4.94. The number of carbonyl (C=O) groups is 3. The fourth-order valence-corrected chi connectivity index (χ4v) is 5.29. The maximum atomic E-state index is 13.1. The second kappa shape index (κ2) is 7.24. The monoisotopic (exact) mass is 391 g/mol. The lowest BCUT2D eigenvalue weighted by Crippen LogP contribution is -3.16. The van der Waals surface area contributed by atoms with Crippen LogP contribution in [0.25, 0.3) is 0 Å². The number of urea groups is 1. The molecule has 2 aliphatic heterocycles. The van der Waals surface area contributed by atoms with Gasteiger partial charge in [-0.05, 0) is 30.2 Å². The minimum Gasteiger partial charge on any atom is -0.327 e. The fraction of sp³-hybridized carbons (Fsp3) is 0.632. The Balaban J connectivity index is 1.36. The molecular formula is C19H27N4O3S+. The summed E-state index contributed by atoms with van der Waals surface area (Å²) in [6.45, 7) is 5.25. The Labute approximate surface area is 163 Å². The van der Waals surface area contributed by atoms with Crippen LogP contribution in [0.15, 0.2) is 17.5 Å². The first-order valence-corrected chi connectivity index (χ1v) is 10.7. The van der Waals surface area contributed by atoms with Gasteiger partial charge >= 0.3 is 6.03 Å². The van der Waals surface area contributed by atoms with Gasteiger partial charge in [-0.15, -0.1) is 11.3 Å². The van der Waals surface area contributed by atoms with Gasteiger partial charge in [0.05, 0.1) is 31.1 Å². The third-order valence-corrected chi connectivity index (χ3v) is 7.23. The first-order valence-electron chi connectivity index (χ1n) is 9.82. The van der Waals surface area contributed by atoms with Crippen LogP contribution >= 0.6 is 11.3 Å². The van der Waals surface area contributed by atoms with Gasteiger partial charge in [-0.25, -0.2) is 9.69 Å². The third kappa shape index (κ3) is 3.25. The molecule has 0 bridgehead atoms. The third-order valence-electron chi connectivity index (χ3n) is 6.37. The Morgan fingerprint density at radius 2 is 2.11 bits per heavy atom. The van der Waals surface area contributed by atoms with Crippen LogP contribution in [0.1, 0.15) is 42.3 Å². The summed E-state index contributed by atoms with van der Waals surface area (Å²) in [6, 6.07) is 3.49. The number of rotatable bonds is 3. The predicted octanol–water partition coefficient (Wildman–Crippen LogP) is 0.547. The summed E-state index contributed by atoms with van der Waals surface area (Å²) >= 11 is 1.46. The van der Waals surface area contributed by atoms with E-state index in [1.165, 1.54) is 21.1 Å². The van der Waals surface area contributed by atoms with E-state index >= 15 is 0 Å². The summed E-state index contributed by atoms with van der Waals surface area (Å²) in [5.41, 5.74) is -0.689. The van der Waals surface area contributed by atoms with E-state index in [1.54, 1.807) is 0 Å². The number of hydrogen-bond acceptors (Lipinski definition) is 4. The molecule has 2 saturated heterocycles. The molecule has 2 atom stereocenters. The van der Waals surface area contributed by atoms with Crippen LogP contribution in [0.4, 0.5) is 4.79 Å². The molecule has 4 rings (SSSR count). The van der Waals surface area contributed by atoms with Crippen molar-refractivity contribution in [1.82, 2.24) is 15.1 Å². The van der Waals surface area contributed by atoms with Gasteiger partial charge in [-0.3, -0.25) is 9.59 Å². The van der Waals surface area contributed by atoms with E-state index in [9.17, 15) is 14.4 Å². The van der Waals surface area contributed by atoms with Crippen molar-refractivity contribution < 1.29 is 19.3 Å². The number of amides is 4. The van der Waals surface area contributed by atoms with Crippen LogP contribution in [0, 0.1) is 5.92 Å². The lowest BCUT2D eigenvalue weighted by Gasteiger charge is -2.37. The van der Waals surface area contributed by atoms with Crippen molar-refractivity contribution in [2.75, 3.05) is 32.8 Å². The SMILES string of the molecule is C[C@@H]1CCCC[C@@]12NC(=O)N(C[NH+]1CCN(C(=O)c3cccs3)CC1)C2=O. The van der Waals surface area contributed by atoms with Crippen LogP contribution in [0.3, 0.4) is 0 Å². The topological polar surface area (TPSA) is 74.2 Å². The van der Waals surface area contributed by atoms with Crippen molar-refractivity contribution in [3.05, 3.63) is 22.4 Å². The van der Waals surface area contributed by atoms with Crippen LogP contribution in [0.5, 0.6) is 0 Å². The molecule has 0 radical (unpaired) electrons. The number of hydrogen-bond donors (Lipinski definition) is 2. The molecule has 3 aliphatic rings. The second-order valence-corrected chi connectivity index (χ2v) is 8.91. The normalized spacial score (nSPS) is 29.4. The summed E-state index contributed by atoms with van der Waals surface area (Å²) in [7, 11) is 0. The summed E-state index contributed by atoms with van der Waals surface area (Å²) in [5, 5.41) is 4.93. The maximum Gasteiger partial charge on any atom is 0.329 e. The van der Waals surface area contributed by atoms with Gasteiger partial charge in [0.15, 0.2) is 6.67 Å². The maximum absolute atomic E-state index is 13.1. The molecule has 3 heterocycles. The molecule has 8 heteroatoms. The minimum atomic E-state index is -0.689. The smallest absolute Gasteiger partial charge is 0.327 e. The lowest BCUT2D eigenvalue weighted by molar-refractivity contribution is -0.911. The largest absolute Gasteiger partial charge is 0.329 e. The first kappa shape index (κ1) is 18.4. The molecule has 146 valence electrons. The molecule has 0 unspecified atom stereocenters. The summed E-state index contributed by atoms with van der Waals surface area (Å²) in [4.78, 5) is 43.3. The van der Waals surface area contributed by atoms with E-state index in [4.69, 9.17) is 0 Å². The molecule has 1 saturated carbocycles. The molecule has 1 aromatic heterocycles. The molecule has 4 amide bonds. The Morgan fingerprint density at radius 1 is 1.33 bits per heavy atom. The van der Waals surface area contributed by atoms with Gasteiger partial charge in [-0.1, -0.05) is 25.8 Å². The van der Waals surface area contributed by atoms with Crippen LogP contribution in [-0.2, 0) is 4.79 Å². The standard InChI is InChI=1S/C19H26N4O3S/c1-14-5-2-3-7-19(14)17(25)23(18(26)20-19)13-21-8-10-22(11-9-21)16(24)15-6-4-12-27-15/h4,6,12,14H,2-3,5,7-11,13H2,1H3,(H,20,26)/p+1/t14-,19-/m1/s1. The van der Waals surface area contributed by atoms with Gasteiger partial charge in [0.2, 0.25) is 0 Å². The predicted molar refractivity (Wildman–Crippen MR) is 102 cm³/mol. The highest BCUT2D eigenvalue weighted by molar-refractivity contribution is 7.12. The number of piperazine rings is 1. The lowest BCUT2D eigenvalue weighted by atomic mass is 9.73. The summed E-state index contributed by atoms with van der Waals surface area (Å²) in [5.74, 6) is 0.210. The summed E-state index contributed by atoms with van der Waals surface area (Å²) < 4.78 is 0. The molecule has 1 aliphatic carbocycles. The Bertz CT molecular complexity index is 729. The molecule has 27 heavy (non-hydrogen) atoms. The van der Waals surface area contributed by atoms with Crippen molar-refractivity contribution >= 4 is 29.2 Å². The quantitative estimate of drug-likeness (QED) is 0.739. The zero-order valence-corrected chi connectivity index (χ0v) is 16.5. The molecule has 2 N–H and O–H groups in total. The molecule has 7 nitrogen and oxygen atoms in total. The highest BCUT2D eigenvalue weighted by atomic mass is 32.1. The number of nitrogens with zero attached hydrogens (tertiary/aromatic N) is 2. The van der Waals surface area contributed by atoms with Crippen LogP contribution in [-0.4, -0.2) is 66.0 Å². The number of nitrogens with one attached hydrogen (secondary N) is 2. The highest BCUT2D eigenvalue weighted by Crippen LogP contribution is 2.37. The number of quaternary nitrogens is 1. The molecular weight excluding hydrogens is 364 g/mol. The fourth-order valence-electron chi connectivity index (χ4n) is 4.60. The van der Waals surface area contributed by atoms with E-state index in [0.29, 0.717) is 19.8 Å². The van der Waals surface area contributed by atoms with Crippen molar-refractivity contribution in [3.63, 3.8) is 0 Å². The minimum absolute atomic E-state index is 0.0516. The average Bonchev–Trinajstić information content (AvgIpc) is 3.28. The van der Waals surface area contributed by atoms with Gasteiger partial charge in [-0.2, -0.15) is 0 Å². The Morgan fingerprint density at radius 3 is 2.78 bits per heavy atom. The molecule has 1 aromatic rings. The molecule has 1 spiro atoms. The van der Waals surface area contributed by atoms with E-state index < -0.39 is 5.54 Å².